The molecule has 0 unspecified atom stereocenters. The molecule has 8 nitrogen and oxygen atoms in total. The quantitative estimate of drug-likeness (QED) is 0.409. The summed E-state index contributed by atoms with van der Waals surface area (Å²) in [6, 6.07) is 12.6. The fourth-order valence-electron chi connectivity index (χ4n) is 3.21. The molecule has 174 valence electrons. The Morgan fingerprint density at radius 3 is 2.39 bits per heavy atom. The lowest BCUT2D eigenvalue weighted by Gasteiger charge is -2.22. The number of amides is 1. The number of ether oxygens (including phenoxy) is 3. The van der Waals surface area contributed by atoms with Crippen molar-refractivity contribution >= 4 is 23.5 Å². The number of methoxy groups -OCH3 is 3. The number of hydrogen-bond donors (Lipinski definition) is 0. The number of carbonyl (C=O) groups excluding carboxylic acids is 2. The first kappa shape index (κ1) is 24.1. The van der Waals surface area contributed by atoms with E-state index in [1.165, 1.54) is 12.0 Å². The Balaban J connectivity index is 1.71. The lowest BCUT2D eigenvalue weighted by Crippen LogP contribution is -2.36. The molecular weight excluding hydrogens is 448 g/mol. The van der Waals surface area contributed by atoms with Crippen LogP contribution in [0, 0.1) is 0 Å². The van der Waals surface area contributed by atoms with E-state index in [-0.39, 0.29) is 31.8 Å². The van der Waals surface area contributed by atoms with Gasteiger partial charge in [0.25, 0.3) is 0 Å². The Bertz CT molecular complexity index is 1090. The molecule has 0 bridgehead atoms. The van der Waals surface area contributed by atoms with Crippen molar-refractivity contribution in [1.82, 2.24) is 9.88 Å². The number of benzene rings is 2. The summed E-state index contributed by atoms with van der Waals surface area (Å²) in [7, 11) is 4.37. The lowest BCUT2D eigenvalue weighted by atomic mass is 10.1. The highest BCUT2D eigenvalue weighted by atomic mass is 35.5. The summed E-state index contributed by atoms with van der Waals surface area (Å²) in [4.78, 5) is 30.6. The van der Waals surface area contributed by atoms with Gasteiger partial charge in [-0.3, -0.25) is 9.59 Å². The minimum Gasteiger partial charge on any atom is -0.497 e. The number of nitrogens with zero attached hydrogens (tertiary/aromatic N) is 2. The number of carbonyl (C=O) groups is 2. The molecule has 0 atom stereocenters. The Hall–Kier alpha value is -3.52. The molecule has 3 aromatic rings. The zero-order valence-corrected chi connectivity index (χ0v) is 19.4. The van der Waals surface area contributed by atoms with Crippen molar-refractivity contribution in [1.29, 1.82) is 0 Å². The van der Waals surface area contributed by atoms with Crippen LogP contribution in [0.2, 0.25) is 5.02 Å². The van der Waals surface area contributed by atoms with Crippen LogP contribution in [0.3, 0.4) is 0 Å². The monoisotopic (exact) mass is 472 g/mol. The van der Waals surface area contributed by atoms with Crippen molar-refractivity contribution in [3.63, 3.8) is 0 Å². The van der Waals surface area contributed by atoms with Crippen molar-refractivity contribution in [2.24, 2.45) is 0 Å². The normalized spacial score (nSPS) is 10.5. The minimum atomic E-state index is -0.518. The van der Waals surface area contributed by atoms with E-state index >= 15 is 0 Å². The summed E-state index contributed by atoms with van der Waals surface area (Å²) in [6.45, 7) is -0.0106. The van der Waals surface area contributed by atoms with Gasteiger partial charge in [-0.1, -0.05) is 23.7 Å². The SMILES string of the molecule is COC(=O)CN(Cc1cc(OC)cc(OC)c1)C(=O)CCc1ncc(-c2ccccc2Cl)o1. The standard InChI is InChI=1S/C24H25ClN2O6/c1-30-17-10-16(11-18(12-17)31-2)14-27(15-24(29)32-3)23(28)9-8-22-26-13-21(33-22)19-6-4-5-7-20(19)25/h4-7,10-13H,8-9,14-15H2,1-3H3. The van der Waals surface area contributed by atoms with E-state index in [9.17, 15) is 9.59 Å². The van der Waals surface area contributed by atoms with Gasteiger partial charge in [0.2, 0.25) is 5.91 Å². The van der Waals surface area contributed by atoms with Gasteiger partial charge < -0.3 is 23.5 Å². The highest BCUT2D eigenvalue weighted by Gasteiger charge is 2.20. The van der Waals surface area contributed by atoms with E-state index in [1.54, 1.807) is 44.7 Å². The van der Waals surface area contributed by atoms with Crippen LogP contribution in [-0.2, 0) is 27.3 Å². The van der Waals surface area contributed by atoms with Crippen LogP contribution in [0.15, 0.2) is 53.1 Å². The van der Waals surface area contributed by atoms with Crippen LogP contribution in [-0.4, -0.2) is 49.6 Å². The summed E-state index contributed by atoms with van der Waals surface area (Å²) in [6.07, 6.45) is 1.94. The number of rotatable bonds is 10. The molecule has 1 heterocycles. The predicted molar refractivity (Wildman–Crippen MR) is 122 cm³/mol. The van der Waals surface area contributed by atoms with Crippen LogP contribution in [0.25, 0.3) is 11.3 Å². The van der Waals surface area contributed by atoms with Crippen molar-refractivity contribution in [2.45, 2.75) is 19.4 Å². The number of aromatic nitrogens is 1. The molecule has 0 saturated carbocycles. The van der Waals surface area contributed by atoms with Crippen molar-refractivity contribution in [3.05, 3.63) is 65.1 Å². The third-order valence-corrected chi connectivity index (χ3v) is 5.26. The van der Waals surface area contributed by atoms with E-state index in [0.29, 0.717) is 28.2 Å². The molecule has 0 radical (unpaired) electrons. The first-order valence-corrected chi connectivity index (χ1v) is 10.6. The summed E-state index contributed by atoms with van der Waals surface area (Å²) in [5, 5.41) is 0.550. The Morgan fingerprint density at radius 1 is 1.06 bits per heavy atom. The highest BCUT2D eigenvalue weighted by Crippen LogP contribution is 2.28. The largest absolute Gasteiger partial charge is 0.497 e. The fraction of sp³-hybridized carbons (Fsp3) is 0.292. The molecular formula is C24H25ClN2O6. The number of esters is 1. The van der Waals surface area contributed by atoms with Crippen molar-refractivity contribution in [3.8, 4) is 22.8 Å². The number of halogens is 1. The molecule has 0 aliphatic heterocycles. The average Bonchev–Trinajstić information content (AvgIpc) is 3.30. The molecule has 9 heteroatoms. The minimum absolute atomic E-state index is 0.0978. The van der Waals surface area contributed by atoms with E-state index in [2.05, 4.69) is 4.98 Å². The molecule has 2 aromatic carbocycles. The van der Waals surface area contributed by atoms with Crippen LogP contribution in [0.5, 0.6) is 11.5 Å². The second kappa shape index (κ2) is 11.4. The Morgan fingerprint density at radius 2 is 1.76 bits per heavy atom. The van der Waals surface area contributed by atoms with E-state index in [0.717, 1.165) is 11.1 Å². The van der Waals surface area contributed by atoms with E-state index in [1.807, 2.05) is 18.2 Å². The van der Waals surface area contributed by atoms with Gasteiger partial charge in [0.15, 0.2) is 11.7 Å². The lowest BCUT2D eigenvalue weighted by molar-refractivity contribution is -0.147. The van der Waals surface area contributed by atoms with Gasteiger partial charge in [0.05, 0.1) is 32.5 Å². The molecule has 0 N–H and O–H groups in total. The summed E-state index contributed by atoms with van der Waals surface area (Å²) in [5.41, 5.74) is 1.48. The van der Waals surface area contributed by atoms with Gasteiger partial charge >= 0.3 is 5.97 Å². The van der Waals surface area contributed by atoms with Crippen molar-refractivity contribution in [2.75, 3.05) is 27.9 Å². The van der Waals surface area contributed by atoms with Crippen LogP contribution in [0.1, 0.15) is 17.9 Å². The average molecular weight is 473 g/mol. The van der Waals surface area contributed by atoms with E-state index in [4.69, 9.17) is 30.2 Å². The van der Waals surface area contributed by atoms with Gasteiger partial charge in [-0.15, -0.1) is 0 Å². The topological polar surface area (TPSA) is 91.1 Å². The summed E-state index contributed by atoms with van der Waals surface area (Å²) >= 11 is 6.21. The van der Waals surface area contributed by atoms with Gasteiger partial charge in [0, 0.05) is 31.0 Å². The summed E-state index contributed by atoms with van der Waals surface area (Å²) < 4.78 is 21.1. The molecule has 0 saturated heterocycles. The second-order valence-corrected chi connectivity index (χ2v) is 7.55. The van der Waals surface area contributed by atoms with Crippen LogP contribution in [0.4, 0.5) is 0 Å². The molecule has 0 fully saturated rings. The smallest absolute Gasteiger partial charge is 0.325 e. The number of aryl methyl sites for hydroxylation is 1. The summed E-state index contributed by atoms with van der Waals surface area (Å²) in [5.74, 6) is 1.33. The fourth-order valence-corrected chi connectivity index (χ4v) is 3.44. The maximum Gasteiger partial charge on any atom is 0.325 e. The molecule has 33 heavy (non-hydrogen) atoms. The maximum atomic E-state index is 13.0. The third-order valence-electron chi connectivity index (χ3n) is 4.93. The zero-order valence-electron chi connectivity index (χ0n) is 18.7. The van der Waals surface area contributed by atoms with Crippen LogP contribution < -0.4 is 9.47 Å². The Kier molecular flexibility index (Phi) is 8.32. The van der Waals surface area contributed by atoms with Crippen molar-refractivity contribution < 1.29 is 28.2 Å². The number of oxazole rings is 1. The van der Waals surface area contributed by atoms with Gasteiger partial charge in [0.1, 0.15) is 18.0 Å². The third kappa shape index (κ3) is 6.49. The highest BCUT2D eigenvalue weighted by molar-refractivity contribution is 6.33. The molecule has 0 spiro atoms. The first-order valence-electron chi connectivity index (χ1n) is 10.2. The molecule has 1 amide bonds. The van der Waals surface area contributed by atoms with Gasteiger partial charge in [-0.25, -0.2) is 4.98 Å². The zero-order chi connectivity index (χ0) is 23.8. The second-order valence-electron chi connectivity index (χ2n) is 7.14. The Labute approximate surface area is 197 Å². The van der Waals surface area contributed by atoms with Gasteiger partial charge in [-0.2, -0.15) is 0 Å². The van der Waals surface area contributed by atoms with Crippen LogP contribution >= 0.6 is 11.6 Å². The first-order chi connectivity index (χ1) is 15.9. The van der Waals surface area contributed by atoms with E-state index < -0.39 is 5.97 Å². The predicted octanol–water partition coefficient (Wildman–Crippen LogP) is 4.15. The number of hydrogen-bond acceptors (Lipinski definition) is 7. The molecule has 3 rings (SSSR count). The van der Waals surface area contributed by atoms with Gasteiger partial charge in [-0.05, 0) is 29.8 Å². The molecule has 1 aromatic heterocycles. The molecule has 0 aliphatic carbocycles. The molecule has 0 aliphatic rings. The maximum absolute atomic E-state index is 13.0.